The number of aryl methyl sites for hydroxylation is 1. The Bertz CT molecular complexity index is 467. The lowest BCUT2D eigenvalue weighted by Gasteiger charge is -2.22. The van der Waals surface area contributed by atoms with Crippen molar-refractivity contribution in [1.82, 2.24) is 5.32 Å². The van der Waals surface area contributed by atoms with Crippen molar-refractivity contribution < 1.29 is 13.6 Å². The smallest absolute Gasteiger partial charge is 0.169 e. The van der Waals surface area contributed by atoms with Crippen LogP contribution < -0.4 is 5.32 Å². The number of benzene rings is 1. The first-order valence-electron chi connectivity index (χ1n) is 6.78. The summed E-state index contributed by atoms with van der Waals surface area (Å²) in [5.41, 5.74) is 0.109. The molecule has 1 N–H and O–H groups in total. The maximum Gasteiger partial charge on any atom is 0.169 e. The van der Waals surface area contributed by atoms with Crippen molar-refractivity contribution in [3.63, 3.8) is 0 Å². The Labute approximate surface area is 112 Å². The summed E-state index contributed by atoms with van der Waals surface area (Å²) in [6.07, 6.45) is 3.24. The summed E-state index contributed by atoms with van der Waals surface area (Å²) in [5, 5.41) is 3.28. The molecule has 1 unspecified atom stereocenters. The lowest BCUT2D eigenvalue weighted by atomic mass is 9.92. The zero-order valence-corrected chi connectivity index (χ0v) is 11.1. The molecule has 0 bridgehead atoms. The fraction of sp³-hybridized carbons (Fsp3) is 0.533. The van der Waals surface area contributed by atoms with Crippen molar-refractivity contribution in [2.45, 2.75) is 32.6 Å². The van der Waals surface area contributed by atoms with E-state index in [-0.39, 0.29) is 23.3 Å². The molecule has 0 aromatic heterocycles. The fourth-order valence-corrected chi connectivity index (χ4v) is 2.50. The van der Waals surface area contributed by atoms with Crippen molar-refractivity contribution in [3.8, 4) is 0 Å². The molecular formula is C15H19F2NO. The largest absolute Gasteiger partial charge is 0.316 e. The van der Waals surface area contributed by atoms with Crippen LogP contribution in [-0.4, -0.2) is 18.9 Å². The molecule has 19 heavy (non-hydrogen) atoms. The number of carbonyl (C=O) groups is 1. The van der Waals surface area contributed by atoms with Gasteiger partial charge in [-0.15, -0.1) is 0 Å². The van der Waals surface area contributed by atoms with Gasteiger partial charge in [-0.2, -0.15) is 0 Å². The van der Waals surface area contributed by atoms with Gasteiger partial charge in [-0.25, -0.2) is 8.78 Å². The standard InChI is InChI=1S/C15H19F2NO/c1-10-4-6-12(15(17)14(10)16)13(19)7-5-11-3-2-8-18-9-11/h4,6,11,18H,2-3,5,7-9H2,1H3. The topological polar surface area (TPSA) is 29.1 Å². The summed E-state index contributed by atoms with van der Waals surface area (Å²) < 4.78 is 27.1. The van der Waals surface area contributed by atoms with Crippen molar-refractivity contribution in [2.24, 2.45) is 5.92 Å². The van der Waals surface area contributed by atoms with Gasteiger partial charge in [-0.05, 0) is 56.8 Å². The Morgan fingerprint density at radius 2 is 2.16 bits per heavy atom. The molecule has 1 aliphatic heterocycles. The summed E-state index contributed by atoms with van der Waals surface area (Å²) in [7, 11) is 0. The number of halogens is 2. The van der Waals surface area contributed by atoms with Gasteiger partial charge in [0, 0.05) is 6.42 Å². The van der Waals surface area contributed by atoms with E-state index in [1.165, 1.54) is 19.1 Å². The van der Waals surface area contributed by atoms with Crippen LogP contribution in [0.5, 0.6) is 0 Å². The summed E-state index contributed by atoms with van der Waals surface area (Å²) in [6, 6.07) is 2.84. The van der Waals surface area contributed by atoms with E-state index in [0.29, 0.717) is 5.92 Å². The average molecular weight is 267 g/mol. The number of rotatable bonds is 4. The van der Waals surface area contributed by atoms with Gasteiger partial charge in [0.15, 0.2) is 17.4 Å². The number of piperidine rings is 1. The van der Waals surface area contributed by atoms with Crippen LogP contribution in [0.4, 0.5) is 8.78 Å². The third-order valence-electron chi connectivity index (χ3n) is 3.75. The van der Waals surface area contributed by atoms with E-state index >= 15 is 0 Å². The van der Waals surface area contributed by atoms with Gasteiger partial charge in [0.25, 0.3) is 0 Å². The summed E-state index contributed by atoms with van der Waals surface area (Å²) in [6.45, 7) is 3.43. The van der Waals surface area contributed by atoms with E-state index in [9.17, 15) is 13.6 Å². The lowest BCUT2D eigenvalue weighted by molar-refractivity contribution is 0.0966. The second-order valence-corrected chi connectivity index (χ2v) is 5.23. The van der Waals surface area contributed by atoms with Crippen LogP contribution in [0.15, 0.2) is 12.1 Å². The molecule has 4 heteroatoms. The van der Waals surface area contributed by atoms with Crippen LogP contribution >= 0.6 is 0 Å². The Morgan fingerprint density at radius 3 is 2.84 bits per heavy atom. The highest BCUT2D eigenvalue weighted by molar-refractivity contribution is 5.96. The monoisotopic (exact) mass is 267 g/mol. The molecule has 104 valence electrons. The molecule has 2 nitrogen and oxygen atoms in total. The molecule has 2 rings (SSSR count). The molecule has 1 heterocycles. The van der Waals surface area contributed by atoms with E-state index in [1.807, 2.05) is 0 Å². The minimum Gasteiger partial charge on any atom is -0.316 e. The maximum atomic E-state index is 13.7. The quantitative estimate of drug-likeness (QED) is 0.849. The Balaban J connectivity index is 1.98. The van der Waals surface area contributed by atoms with E-state index in [1.54, 1.807) is 0 Å². The highest BCUT2D eigenvalue weighted by Gasteiger charge is 2.19. The number of ketones is 1. The number of hydrogen-bond donors (Lipinski definition) is 1. The van der Waals surface area contributed by atoms with E-state index in [4.69, 9.17) is 0 Å². The highest BCUT2D eigenvalue weighted by atomic mass is 19.2. The molecular weight excluding hydrogens is 248 g/mol. The van der Waals surface area contributed by atoms with E-state index < -0.39 is 11.6 Å². The zero-order valence-electron chi connectivity index (χ0n) is 11.1. The lowest BCUT2D eigenvalue weighted by Crippen LogP contribution is -2.30. The van der Waals surface area contributed by atoms with Gasteiger partial charge in [0.2, 0.25) is 0 Å². The van der Waals surface area contributed by atoms with Crippen LogP contribution in [0.25, 0.3) is 0 Å². The van der Waals surface area contributed by atoms with Crippen molar-refractivity contribution in [1.29, 1.82) is 0 Å². The normalized spacial score (nSPS) is 19.4. The SMILES string of the molecule is Cc1ccc(C(=O)CCC2CCCNC2)c(F)c1F. The minimum atomic E-state index is -1.01. The first-order chi connectivity index (χ1) is 9.09. The van der Waals surface area contributed by atoms with Gasteiger partial charge >= 0.3 is 0 Å². The number of carbonyl (C=O) groups excluding carboxylic acids is 1. The first-order valence-corrected chi connectivity index (χ1v) is 6.78. The Kier molecular flexibility index (Phi) is 4.64. The molecule has 1 aromatic rings. The second kappa shape index (κ2) is 6.24. The zero-order chi connectivity index (χ0) is 13.8. The van der Waals surface area contributed by atoms with Gasteiger partial charge in [0.1, 0.15) is 0 Å². The van der Waals surface area contributed by atoms with Crippen molar-refractivity contribution >= 4 is 5.78 Å². The van der Waals surface area contributed by atoms with Gasteiger partial charge in [-0.1, -0.05) is 6.07 Å². The molecule has 1 saturated heterocycles. The van der Waals surface area contributed by atoms with Gasteiger partial charge in [-0.3, -0.25) is 4.79 Å². The average Bonchev–Trinajstić information content (AvgIpc) is 2.43. The van der Waals surface area contributed by atoms with Crippen LogP contribution in [0.2, 0.25) is 0 Å². The van der Waals surface area contributed by atoms with Crippen LogP contribution in [0, 0.1) is 24.5 Å². The molecule has 0 aliphatic carbocycles. The second-order valence-electron chi connectivity index (χ2n) is 5.23. The molecule has 0 saturated carbocycles. The number of nitrogens with one attached hydrogen (secondary N) is 1. The summed E-state index contributed by atoms with van der Waals surface area (Å²) in [4.78, 5) is 11.9. The summed E-state index contributed by atoms with van der Waals surface area (Å²) >= 11 is 0. The van der Waals surface area contributed by atoms with Crippen LogP contribution in [-0.2, 0) is 0 Å². The Hall–Kier alpha value is -1.29. The molecule has 1 fully saturated rings. The molecule has 0 amide bonds. The molecule has 0 spiro atoms. The van der Waals surface area contributed by atoms with E-state index in [0.717, 1.165) is 32.4 Å². The molecule has 1 aromatic carbocycles. The molecule has 1 aliphatic rings. The third-order valence-corrected chi connectivity index (χ3v) is 3.75. The van der Waals surface area contributed by atoms with Crippen molar-refractivity contribution in [3.05, 3.63) is 34.9 Å². The third kappa shape index (κ3) is 3.38. The first kappa shape index (κ1) is 14.1. The predicted molar refractivity (Wildman–Crippen MR) is 70.3 cm³/mol. The van der Waals surface area contributed by atoms with Crippen LogP contribution in [0.1, 0.15) is 41.6 Å². The summed E-state index contributed by atoms with van der Waals surface area (Å²) in [5.74, 6) is -1.75. The molecule has 0 radical (unpaired) electrons. The minimum absolute atomic E-state index is 0.119. The van der Waals surface area contributed by atoms with Crippen molar-refractivity contribution in [2.75, 3.05) is 13.1 Å². The number of hydrogen-bond acceptors (Lipinski definition) is 2. The Morgan fingerprint density at radius 1 is 1.37 bits per heavy atom. The number of Topliss-reactive ketones (excluding diaryl/α,β-unsaturated/α-hetero) is 1. The fourth-order valence-electron chi connectivity index (χ4n) is 2.50. The van der Waals surface area contributed by atoms with Gasteiger partial charge < -0.3 is 5.32 Å². The molecule has 1 atom stereocenters. The predicted octanol–water partition coefficient (Wildman–Crippen LogP) is 3.24. The highest BCUT2D eigenvalue weighted by Crippen LogP contribution is 2.21. The van der Waals surface area contributed by atoms with E-state index in [2.05, 4.69) is 5.32 Å². The van der Waals surface area contributed by atoms with Crippen LogP contribution in [0.3, 0.4) is 0 Å². The van der Waals surface area contributed by atoms with Gasteiger partial charge in [0.05, 0.1) is 5.56 Å². The maximum absolute atomic E-state index is 13.7.